The molecule has 0 aromatic heterocycles. The van der Waals surface area contributed by atoms with E-state index in [0.29, 0.717) is 0 Å². The molecule has 0 nitrogen and oxygen atoms in total. The van der Waals surface area contributed by atoms with E-state index >= 15 is 0 Å². The summed E-state index contributed by atoms with van der Waals surface area (Å²) in [6, 6.07) is 8.23. The fourth-order valence-electron chi connectivity index (χ4n) is 1.89. The smallest absolute Gasteiger partial charge is 0.00994 e. The Morgan fingerprint density at radius 1 is 0.857 bits per heavy atom. The molecule has 0 spiro atoms. The predicted octanol–water partition coefficient (Wildman–Crippen LogP) is 3.84. The minimum atomic E-state index is 1.05. The maximum absolute atomic E-state index is 4.07. The molecular weight excluding hydrogens is 168 g/mol. The predicted molar refractivity (Wildman–Crippen MR) is 62.8 cm³/mol. The molecule has 1 aliphatic carbocycles. The molecule has 0 unspecified atom stereocenters. The van der Waals surface area contributed by atoms with E-state index < -0.39 is 0 Å². The van der Waals surface area contributed by atoms with Crippen LogP contribution in [0.4, 0.5) is 0 Å². The van der Waals surface area contributed by atoms with Crippen LogP contribution in [0.25, 0.3) is 11.1 Å². The molecule has 0 saturated heterocycles. The van der Waals surface area contributed by atoms with Gasteiger partial charge in [-0.3, -0.25) is 0 Å². The largest absolute Gasteiger partial charge is 0.0984 e. The monoisotopic (exact) mass is 180 g/mol. The summed E-state index contributed by atoms with van der Waals surface area (Å²) in [6.45, 7) is 11.7. The van der Waals surface area contributed by atoms with Crippen LogP contribution < -0.4 is 0 Å². The quantitative estimate of drug-likeness (QED) is 0.648. The minimum absolute atomic E-state index is 1.05. The van der Waals surface area contributed by atoms with Crippen molar-refractivity contribution in [2.75, 3.05) is 0 Å². The van der Waals surface area contributed by atoms with Crippen molar-refractivity contribution in [2.45, 2.75) is 0 Å². The Labute approximate surface area is 84.6 Å². The van der Waals surface area contributed by atoms with Crippen LogP contribution in [0.3, 0.4) is 0 Å². The Morgan fingerprint density at radius 3 is 2.00 bits per heavy atom. The highest BCUT2D eigenvalue weighted by atomic mass is 14.2. The van der Waals surface area contributed by atoms with Crippen molar-refractivity contribution in [2.24, 2.45) is 0 Å². The van der Waals surface area contributed by atoms with Crippen LogP contribution in [0, 0.1) is 0 Å². The lowest BCUT2D eigenvalue weighted by Gasteiger charge is -1.99. The van der Waals surface area contributed by atoms with E-state index in [0.717, 1.165) is 16.7 Å². The van der Waals surface area contributed by atoms with Crippen LogP contribution in [-0.2, 0) is 0 Å². The Kier molecular flexibility index (Phi) is 1.97. The van der Waals surface area contributed by atoms with Gasteiger partial charge in [-0.2, -0.15) is 0 Å². The number of rotatable bonds is 2. The summed E-state index contributed by atoms with van der Waals surface area (Å²) < 4.78 is 0. The first-order chi connectivity index (χ1) is 6.79. The van der Waals surface area contributed by atoms with Crippen molar-refractivity contribution in [3.8, 4) is 0 Å². The number of benzene rings is 1. The van der Waals surface area contributed by atoms with Crippen molar-refractivity contribution < 1.29 is 0 Å². The van der Waals surface area contributed by atoms with Crippen LogP contribution in [0.1, 0.15) is 11.1 Å². The number of hydrogen-bond acceptors (Lipinski definition) is 0. The van der Waals surface area contributed by atoms with E-state index in [1.807, 2.05) is 24.3 Å². The number of fused-ring (bicyclic) bond motifs is 1. The third-order valence-corrected chi connectivity index (χ3v) is 2.57. The standard InChI is InChI=1S/C14H12/c1-4-11-10(3)13-8-6-7-9-14(13)12(11)5-2/h4-9H,1-3H2. The van der Waals surface area contributed by atoms with Crippen LogP contribution >= 0.6 is 0 Å². The molecule has 0 bridgehead atoms. The topological polar surface area (TPSA) is 0 Å². The van der Waals surface area contributed by atoms with Crippen molar-refractivity contribution >= 4 is 11.1 Å². The van der Waals surface area contributed by atoms with Gasteiger partial charge in [0.05, 0.1) is 0 Å². The van der Waals surface area contributed by atoms with Gasteiger partial charge in [0.25, 0.3) is 0 Å². The summed E-state index contributed by atoms with van der Waals surface area (Å²) in [6.07, 6.45) is 3.72. The van der Waals surface area contributed by atoms with Gasteiger partial charge in [0.1, 0.15) is 0 Å². The third kappa shape index (κ3) is 1.01. The average Bonchev–Trinajstić information content (AvgIpc) is 2.51. The molecular formula is C14H12. The molecule has 1 aromatic carbocycles. The van der Waals surface area contributed by atoms with Gasteiger partial charge in [-0.15, -0.1) is 0 Å². The molecule has 2 rings (SSSR count). The molecule has 0 fully saturated rings. The zero-order valence-corrected chi connectivity index (χ0v) is 8.09. The molecule has 68 valence electrons. The first-order valence-electron chi connectivity index (χ1n) is 4.57. The van der Waals surface area contributed by atoms with Gasteiger partial charge in [0, 0.05) is 0 Å². The first-order valence-corrected chi connectivity index (χ1v) is 4.57. The summed E-state index contributed by atoms with van der Waals surface area (Å²) in [5.41, 5.74) is 5.69. The van der Waals surface area contributed by atoms with Crippen LogP contribution in [-0.4, -0.2) is 0 Å². The second kappa shape index (κ2) is 3.15. The summed E-state index contributed by atoms with van der Waals surface area (Å²) in [5, 5.41) is 0. The van der Waals surface area contributed by atoms with Gasteiger partial charge < -0.3 is 0 Å². The Hall–Kier alpha value is -1.82. The van der Waals surface area contributed by atoms with Crippen LogP contribution in [0.15, 0.2) is 61.7 Å². The second-order valence-corrected chi connectivity index (χ2v) is 3.26. The SMILES string of the molecule is C=CC1=C(C=C)c2ccccc2C1=C. The maximum Gasteiger partial charge on any atom is -0.00994 e. The summed E-state index contributed by atoms with van der Waals surface area (Å²) >= 11 is 0. The van der Waals surface area contributed by atoms with E-state index in [9.17, 15) is 0 Å². The second-order valence-electron chi connectivity index (χ2n) is 3.26. The van der Waals surface area contributed by atoms with E-state index in [1.165, 1.54) is 11.1 Å². The molecule has 14 heavy (non-hydrogen) atoms. The highest BCUT2D eigenvalue weighted by Gasteiger charge is 2.20. The van der Waals surface area contributed by atoms with Crippen molar-refractivity contribution in [3.05, 3.63) is 72.9 Å². The molecule has 0 radical (unpaired) electrons. The van der Waals surface area contributed by atoms with Crippen LogP contribution in [0.5, 0.6) is 0 Å². The average molecular weight is 180 g/mol. The Morgan fingerprint density at radius 2 is 1.43 bits per heavy atom. The highest BCUT2D eigenvalue weighted by molar-refractivity contribution is 6.03. The molecule has 0 aliphatic heterocycles. The van der Waals surface area contributed by atoms with Gasteiger partial charge in [0.15, 0.2) is 0 Å². The molecule has 0 saturated carbocycles. The van der Waals surface area contributed by atoms with E-state index in [-0.39, 0.29) is 0 Å². The Balaban J connectivity index is 2.75. The lowest BCUT2D eigenvalue weighted by atomic mass is 10.0. The summed E-state index contributed by atoms with van der Waals surface area (Å²) in [7, 11) is 0. The zero-order valence-electron chi connectivity index (χ0n) is 8.09. The van der Waals surface area contributed by atoms with Crippen molar-refractivity contribution in [1.29, 1.82) is 0 Å². The fourth-order valence-corrected chi connectivity index (χ4v) is 1.89. The van der Waals surface area contributed by atoms with Gasteiger partial charge in [-0.1, -0.05) is 56.2 Å². The van der Waals surface area contributed by atoms with E-state index in [1.54, 1.807) is 0 Å². The molecule has 0 atom stereocenters. The first kappa shape index (κ1) is 8.76. The number of allylic oxidation sites excluding steroid dienone is 5. The summed E-state index contributed by atoms with van der Waals surface area (Å²) in [4.78, 5) is 0. The highest BCUT2D eigenvalue weighted by Crippen LogP contribution is 2.40. The third-order valence-electron chi connectivity index (χ3n) is 2.57. The van der Waals surface area contributed by atoms with Gasteiger partial charge >= 0.3 is 0 Å². The zero-order chi connectivity index (χ0) is 10.1. The normalized spacial score (nSPS) is 14.1. The molecule has 1 aliphatic rings. The maximum atomic E-state index is 4.07. The van der Waals surface area contributed by atoms with Crippen molar-refractivity contribution in [1.82, 2.24) is 0 Å². The van der Waals surface area contributed by atoms with Crippen molar-refractivity contribution in [3.63, 3.8) is 0 Å². The lowest BCUT2D eigenvalue weighted by Crippen LogP contribution is -1.79. The lowest BCUT2D eigenvalue weighted by molar-refractivity contribution is 1.60. The minimum Gasteiger partial charge on any atom is -0.0984 e. The molecule has 0 heterocycles. The molecule has 0 amide bonds. The molecule has 1 aromatic rings. The molecule has 0 heteroatoms. The number of hydrogen-bond donors (Lipinski definition) is 0. The van der Waals surface area contributed by atoms with Gasteiger partial charge in [-0.05, 0) is 27.8 Å². The van der Waals surface area contributed by atoms with E-state index in [4.69, 9.17) is 0 Å². The summed E-state index contributed by atoms with van der Waals surface area (Å²) in [5.74, 6) is 0. The van der Waals surface area contributed by atoms with Gasteiger partial charge in [0.2, 0.25) is 0 Å². The van der Waals surface area contributed by atoms with Gasteiger partial charge in [-0.25, -0.2) is 0 Å². The molecule has 0 N–H and O–H groups in total. The van der Waals surface area contributed by atoms with E-state index in [2.05, 4.69) is 31.9 Å². The Bertz CT molecular complexity index is 459. The van der Waals surface area contributed by atoms with Crippen LogP contribution in [0.2, 0.25) is 0 Å². The fraction of sp³-hybridized carbons (Fsp3) is 0.